The van der Waals surface area contributed by atoms with Crippen LogP contribution in [0.25, 0.3) is 97.7 Å². The van der Waals surface area contributed by atoms with Crippen molar-refractivity contribution in [2.75, 3.05) is 0 Å². The van der Waals surface area contributed by atoms with Crippen LogP contribution in [0.2, 0.25) is 0 Å². The minimum absolute atomic E-state index is 1.27. The van der Waals surface area contributed by atoms with Crippen LogP contribution in [0.3, 0.4) is 0 Å². The predicted octanol–water partition coefficient (Wildman–Crippen LogP) is 10.3. The summed E-state index contributed by atoms with van der Waals surface area (Å²) in [4.78, 5) is 0. The van der Waals surface area contributed by atoms with Crippen molar-refractivity contribution >= 4 is 97.7 Å². The quantitative estimate of drug-likeness (QED) is 0.143. The molecule has 0 saturated carbocycles. The van der Waals surface area contributed by atoms with Gasteiger partial charge in [-0.15, -0.1) is 0 Å². The van der Waals surface area contributed by atoms with E-state index in [9.17, 15) is 0 Å². The highest BCUT2D eigenvalue weighted by molar-refractivity contribution is 6.45. The van der Waals surface area contributed by atoms with Crippen LogP contribution in [-0.4, -0.2) is 8.80 Å². The van der Waals surface area contributed by atoms with Crippen LogP contribution >= 0.6 is 0 Å². The standard InChI is InChI=1S/C38H20N2/c1-3-17-27-23(13-1)33-35-25-15-5-9-21-12-8-20-30(31(21)25)40-28-18-4-2-14-24(28)34(38(35)40)36-26-16-6-10-22-11-7-19-29(32(22)26)39(27)37(33)36/h1-20H. The number of hydrogen-bond acceptors (Lipinski definition) is 0. The van der Waals surface area contributed by atoms with Gasteiger partial charge >= 0.3 is 0 Å². The summed E-state index contributed by atoms with van der Waals surface area (Å²) in [7, 11) is 0. The monoisotopic (exact) mass is 504 g/mol. The first-order valence-corrected chi connectivity index (χ1v) is 14.0. The fourth-order valence-electron chi connectivity index (χ4n) is 8.15. The summed E-state index contributed by atoms with van der Waals surface area (Å²) >= 11 is 0. The molecular formula is C38H20N2. The van der Waals surface area contributed by atoms with E-state index in [-0.39, 0.29) is 0 Å². The Kier molecular flexibility index (Phi) is 3.17. The summed E-state index contributed by atoms with van der Waals surface area (Å²) in [5.41, 5.74) is 7.74. The molecule has 0 atom stereocenters. The van der Waals surface area contributed by atoms with Crippen LogP contribution in [0.1, 0.15) is 0 Å². The Morgan fingerprint density at radius 1 is 0.275 bits per heavy atom. The van der Waals surface area contributed by atoms with Crippen molar-refractivity contribution in [1.29, 1.82) is 0 Å². The van der Waals surface area contributed by atoms with Crippen LogP contribution in [0.5, 0.6) is 0 Å². The zero-order valence-corrected chi connectivity index (χ0v) is 21.4. The summed E-state index contributed by atoms with van der Waals surface area (Å²) in [5.74, 6) is 0. The second kappa shape index (κ2) is 6.44. The van der Waals surface area contributed by atoms with Crippen molar-refractivity contribution in [3.05, 3.63) is 121 Å². The zero-order chi connectivity index (χ0) is 25.7. The molecule has 2 nitrogen and oxygen atoms in total. The maximum atomic E-state index is 2.55. The number of para-hydroxylation sites is 2. The van der Waals surface area contributed by atoms with Crippen LogP contribution in [0.4, 0.5) is 0 Å². The van der Waals surface area contributed by atoms with E-state index in [1.54, 1.807) is 0 Å². The fourth-order valence-corrected chi connectivity index (χ4v) is 8.15. The second-order valence-electron chi connectivity index (χ2n) is 11.3. The maximum Gasteiger partial charge on any atom is 0.0634 e. The van der Waals surface area contributed by atoms with Gasteiger partial charge in [-0.25, -0.2) is 0 Å². The summed E-state index contributed by atoms with van der Waals surface area (Å²) < 4.78 is 5.11. The first-order chi connectivity index (χ1) is 19.9. The Balaban J connectivity index is 1.69. The lowest BCUT2D eigenvalue weighted by atomic mass is 9.91. The third kappa shape index (κ3) is 1.98. The minimum atomic E-state index is 1.27. The zero-order valence-electron chi connectivity index (χ0n) is 21.4. The molecule has 11 rings (SSSR count). The SMILES string of the molecule is c1cc2cccc3c2c(c1)c1c2c4ccccc4n4c5cccc6cccc(c65)c(c5c6ccccc6n3c15)c24. The average molecular weight is 505 g/mol. The van der Waals surface area contributed by atoms with Gasteiger partial charge in [-0.3, -0.25) is 0 Å². The summed E-state index contributed by atoms with van der Waals surface area (Å²) in [6.45, 7) is 0. The highest BCUT2D eigenvalue weighted by Gasteiger charge is 2.27. The van der Waals surface area contributed by atoms with Crippen LogP contribution in [-0.2, 0) is 0 Å². The van der Waals surface area contributed by atoms with E-state index in [0.717, 1.165) is 0 Å². The van der Waals surface area contributed by atoms with Crippen molar-refractivity contribution in [2.24, 2.45) is 0 Å². The van der Waals surface area contributed by atoms with E-state index in [4.69, 9.17) is 0 Å². The molecule has 0 spiro atoms. The fraction of sp³-hybridized carbons (Fsp3) is 0. The molecular weight excluding hydrogens is 484 g/mol. The van der Waals surface area contributed by atoms with Gasteiger partial charge in [0.1, 0.15) is 0 Å². The Bertz CT molecular complexity index is 2650. The number of nitrogens with zero attached hydrogens (tertiary/aromatic N) is 2. The Morgan fingerprint density at radius 2 is 0.625 bits per heavy atom. The van der Waals surface area contributed by atoms with Gasteiger partial charge in [0.05, 0.1) is 33.1 Å². The lowest BCUT2D eigenvalue weighted by Gasteiger charge is -2.17. The first kappa shape index (κ1) is 19.7. The molecule has 182 valence electrons. The Hall–Kier alpha value is -5.34. The molecule has 0 amide bonds. The van der Waals surface area contributed by atoms with Gasteiger partial charge in [0, 0.05) is 43.1 Å². The highest BCUT2D eigenvalue weighted by atomic mass is 14.9. The van der Waals surface area contributed by atoms with Crippen LogP contribution in [0, 0.1) is 0 Å². The third-order valence-corrected chi connectivity index (χ3v) is 9.51. The molecule has 2 heteroatoms. The smallest absolute Gasteiger partial charge is 0.0634 e. The number of aromatic nitrogens is 2. The molecule has 0 aliphatic carbocycles. The van der Waals surface area contributed by atoms with Gasteiger partial charge in [0.25, 0.3) is 0 Å². The summed E-state index contributed by atoms with van der Waals surface area (Å²) in [6, 6.07) is 45.2. The molecule has 0 aliphatic heterocycles. The van der Waals surface area contributed by atoms with Crippen molar-refractivity contribution in [3.8, 4) is 0 Å². The number of hydrogen-bond donors (Lipinski definition) is 0. The van der Waals surface area contributed by atoms with E-state index in [2.05, 4.69) is 130 Å². The largest absolute Gasteiger partial charge is 0.308 e. The lowest BCUT2D eigenvalue weighted by Crippen LogP contribution is -1.96. The van der Waals surface area contributed by atoms with Gasteiger partial charge in [0.15, 0.2) is 0 Å². The minimum Gasteiger partial charge on any atom is -0.308 e. The van der Waals surface area contributed by atoms with Gasteiger partial charge < -0.3 is 8.80 Å². The number of rotatable bonds is 0. The first-order valence-electron chi connectivity index (χ1n) is 14.0. The average Bonchev–Trinajstić information content (AvgIpc) is 3.53. The maximum absolute atomic E-state index is 2.55. The molecule has 40 heavy (non-hydrogen) atoms. The number of pyridine rings is 2. The molecule has 0 N–H and O–H groups in total. The van der Waals surface area contributed by atoms with Crippen molar-refractivity contribution in [3.63, 3.8) is 0 Å². The van der Waals surface area contributed by atoms with E-state index in [1.807, 2.05) is 0 Å². The normalized spacial score (nSPS) is 13.0. The van der Waals surface area contributed by atoms with Crippen LogP contribution < -0.4 is 0 Å². The highest BCUT2D eigenvalue weighted by Crippen LogP contribution is 2.51. The molecule has 11 aromatic rings. The predicted molar refractivity (Wildman–Crippen MR) is 171 cm³/mol. The molecule has 0 saturated heterocycles. The van der Waals surface area contributed by atoms with E-state index < -0.39 is 0 Å². The number of fused-ring (bicyclic) bond motifs is 12. The van der Waals surface area contributed by atoms with E-state index >= 15 is 0 Å². The number of benzene rings is 7. The Morgan fingerprint density at radius 3 is 1.10 bits per heavy atom. The molecule has 0 bridgehead atoms. The van der Waals surface area contributed by atoms with Gasteiger partial charge in [0.2, 0.25) is 0 Å². The molecule has 0 aliphatic rings. The van der Waals surface area contributed by atoms with Gasteiger partial charge in [-0.1, -0.05) is 97.1 Å². The molecule has 0 unspecified atom stereocenters. The van der Waals surface area contributed by atoms with E-state index in [0.29, 0.717) is 0 Å². The summed E-state index contributed by atoms with van der Waals surface area (Å²) in [5, 5.41) is 16.0. The topological polar surface area (TPSA) is 8.82 Å². The lowest BCUT2D eigenvalue weighted by molar-refractivity contribution is 1.35. The molecule has 4 aromatic heterocycles. The molecule has 7 aromatic carbocycles. The van der Waals surface area contributed by atoms with Crippen LogP contribution in [0.15, 0.2) is 121 Å². The van der Waals surface area contributed by atoms with Gasteiger partial charge in [-0.2, -0.15) is 0 Å². The summed E-state index contributed by atoms with van der Waals surface area (Å²) in [6.07, 6.45) is 0. The van der Waals surface area contributed by atoms with Crippen molar-refractivity contribution in [2.45, 2.75) is 0 Å². The van der Waals surface area contributed by atoms with Gasteiger partial charge in [-0.05, 0) is 45.8 Å². The van der Waals surface area contributed by atoms with Crippen molar-refractivity contribution < 1.29 is 0 Å². The Labute approximate surface area is 227 Å². The third-order valence-electron chi connectivity index (χ3n) is 9.51. The molecule has 0 fully saturated rings. The molecule has 0 radical (unpaired) electrons. The second-order valence-corrected chi connectivity index (χ2v) is 11.3. The van der Waals surface area contributed by atoms with Crippen molar-refractivity contribution in [1.82, 2.24) is 8.80 Å². The van der Waals surface area contributed by atoms with E-state index in [1.165, 1.54) is 97.7 Å². The molecule has 4 heterocycles.